The summed E-state index contributed by atoms with van der Waals surface area (Å²) in [6.07, 6.45) is 2.34. The number of para-hydroxylation sites is 1. The molecule has 4 rings (SSSR count). The van der Waals surface area contributed by atoms with Gasteiger partial charge in [0, 0.05) is 26.1 Å². The summed E-state index contributed by atoms with van der Waals surface area (Å²) < 4.78 is 13.9. The topological polar surface area (TPSA) is 72.5 Å². The van der Waals surface area contributed by atoms with Crippen molar-refractivity contribution in [2.45, 2.75) is 13.0 Å². The second-order valence-corrected chi connectivity index (χ2v) is 6.20. The molecule has 0 radical (unpaired) electrons. The average Bonchev–Trinajstić information content (AvgIpc) is 3.22. The summed E-state index contributed by atoms with van der Waals surface area (Å²) in [7, 11) is 0. The smallest absolute Gasteiger partial charge is 0.325 e. The minimum absolute atomic E-state index is 0.00720. The van der Waals surface area contributed by atoms with E-state index < -0.39 is 5.82 Å². The van der Waals surface area contributed by atoms with Gasteiger partial charge in [-0.25, -0.2) is 14.2 Å². The van der Waals surface area contributed by atoms with Gasteiger partial charge in [0.15, 0.2) is 0 Å². The van der Waals surface area contributed by atoms with E-state index in [4.69, 9.17) is 0 Å². The van der Waals surface area contributed by atoms with E-state index in [1.807, 2.05) is 0 Å². The average molecular weight is 343 g/mol. The molecule has 1 aromatic heterocycles. The number of anilines is 1. The Morgan fingerprint density at radius 3 is 2.92 bits per heavy atom. The van der Waals surface area contributed by atoms with Crippen LogP contribution in [0.3, 0.4) is 0 Å². The summed E-state index contributed by atoms with van der Waals surface area (Å²) in [5, 5.41) is 0. The molecule has 0 saturated carbocycles. The van der Waals surface area contributed by atoms with Crippen molar-refractivity contribution >= 4 is 17.6 Å². The first-order valence-corrected chi connectivity index (χ1v) is 8.23. The minimum Gasteiger partial charge on any atom is -0.347 e. The van der Waals surface area contributed by atoms with Crippen molar-refractivity contribution in [3.05, 3.63) is 47.8 Å². The molecule has 2 aliphatic rings. The predicted molar refractivity (Wildman–Crippen MR) is 88.4 cm³/mol. The van der Waals surface area contributed by atoms with Gasteiger partial charge in [0.25, 0.3) is 0 Å². The van der Waals surface area contributed by atoms with Gasteiger partial charge in [-0.3, -0.25) is 9.69 Å². The van der Waals surface area contributed by atoms with Crippen LogP contribution in [0.4, 0.5) is 14.9 Å². The zero-order valence-electron chi connectivity index (χ0n) is 13.6. The summed E-state index contributed by atoms with van der Waals surface area (Å²) >= 11 is 0. The van der Waals surface area contributed by atoms with Crippen molar-refractivity contribution in [3.8, 4) is 0 Å². The van der Waals surface area contributed by atoms with Crippen molar-refractivity contribution in [2.75, 3.05) is 31.1 Å². The number of halogens is 1. The predicted octanol–water partition coefficient (Wildman–Crippen LogP) is 1.38. The first-order chi connectivity index (χ1) is 12.1. The molecular weight excluding hydrogens is 325 g/mol. The van der Waals surface area contributed by atoms with Crippen LogP contribution in [0, 0.1) is 5.82 Å². The molecule has 2 aromatic rings. The number of benzene rings is 1. The molecule has 0 aliphatic carbocycles. The zero-order valence-corrected chi connectivity index (χ0v) is 13.6. The Kier molecular flexibility index (Phi) is 3.87. The largest absolute Gasteiger partial charge is 0.347 e. The molecule has 1 saturated heterocycles. The van der Waals surface area contributed by atoms with Gasteiger partial charge in [0.05, 0.1) is 29.9 Å². The third kappa shape index (κ3) is 2.84. The van der Waals surface area contributed by atoms with Crippen LogP contribution in [0.2, 0.25) is 0 Å². The van der Waals surface area contributed by atoms with Crippen LogP contribution in [0.5, 0.6) is 0 Å². The number of hydrogen-bond donors (Lipinski definition) is 1. The number of nitrogens with one attached hydrogen (secondary N) is 1. The fourth-order valence-electron chi connectivity index (χ4n) is 3.31. The monoisotopic (exact) mass is 343 g/mol. The molecule has 2 aliphatic heterocycles. The van der Waals surface area contributed by atoms with E-state index >= 15 is 0 Å². The van der Waals surface area contributed by atoms with Gasteiger partial charge in [-0.15, -0.1) is 0 Å². The summed E-state index contributed by atoms with van der Waals surface area (Å²) in [6, 6.07) is 5.84. The highest BCUT2D eigenvalue weighted by Gasteiger charge is 2.33. The number of fused-ring (bicyclic) bond motifs is 1. The van der Waals surface area contributed by atoms with Gasteiger partial charge in [-0.05, 0) is 12.1 Å². The molecule has 8 heteroatoms. The van der Waals surface area contributed by atoms with Gasteiger partial charge >= 0.3 is 6.03 Å². The van der Waals surface area contributed by atoms with Gasteiger partial charge in [0.2, 0.25) is 5.91 Å². The van der Waals surface area contributed by atoms with Crippen LogP contribution < -0.4 is 4.90 Å². The van der Waals surface area contributed by atoms with Crippen molar-refractivity contribution in [1.29, 1.82) is 0 Å². The molecule has 3 amide bonds. The highest BCUT2D eigenvalue weighted by Crippen LogP contribution is 2.23. The molecule has 0 atom stereocenters. The number of aromatic nitrogens is 2. The van der Waals surface area contributed by atoms with Crippen molar-refractivity contribution < 1.29 is 14.0 Å². The van der Waals surface area contributed by atoms with Crippen LogP contribution in [0.1, 0.15) is 11.4 Å². The van der Waals surface area contributed by atoms with E-state index in [0.29, 0.717) is 32.6 Å². The van der Waals surface area contributed by atoms with Crippen molar-refractivity contribution in [3.63, 3.8) is 0 Å². The fraction of sp³-hybridized carbons (Fsp3) is 0.353. The zero-order chi connectivity index (χ0) is 17.4. The number of H-pyrrole nitrogens is 1. The SMILES string of the molecule is O=C(CN1CCN(c2ccccc2F)C1=O)N1CCc2nc[nH]c2C1. The maximum Gasteiger partial charge on any atom is 0.325 e. The number of aromatic amines is 1. The fourth-order valence-corrected chi connectivity index (χ4v) is 3.31. The quantitative estimate of drug-likeness (QED) is 0.915. The number of amides is 3. The molecule has 0 bridgehead atoms. The summed E-state index contributed by atoms with van der Waals surface area (Å²) in [5.74, 6) is -0.546. The molecule has 3 heterocycles. The molecule has 25 heavy (non-hydrogen) atoms. The van der Waals surface area contributed by atoms with E-state index in [1.165, 1.54) is 15.9 Å². The Bertz CT molecular complexity index is 821. The number of nitrogens with zero attached hydrogens (tertiary/aromatic N) is 4. The van der Waals surface area contributed by atoms with Crippen LogP contribution in [0.25, 0.3) is 0 Å². The number of urea groups is 1. The Balaban J connectivity index is 1.41. The van der Waals surface area contributed by atoms with E-state index in [2.05, 4.69) is 9.97 Å². The second kappa shape index (κ2) is 6.19. The van der Waals surface area contributed by atoms with Gasteiger partial charge < -0.3 is 14.8 Å². The lowest BCUT2D eigenvalue weighted by Gasteiger charge is -2.28. The molecule has 0 spiro atoms. The van der Waals surface area contributed by atoms with Crippen LogP contribution in [-0.2, 0) is 17.8 Å². The number of hydrogen-bond acceptors (Lipinski definition) is 3. The van der Waals surface area contributed by atoms with Gasteiger partial charge in [0.1, 0.15) is 12.4 Å². The third-order valence-corrected chi connectivity index (χ3v) is 4.69. The van der Waals surface area contributed by atoms with Crippen LogP contribution in [-0.4, -0.2) is 57.9 Å². The standard InChI is InChI=1S/C17H18FN5O2/c18-12-3-1-2-4-15(12)23-8-7-22(17(23)25)10-16(24)21-6-5-13-14(9-21)20-11-19-13/h1-4,11H,5-10H2,(H,19,20). The molecule has 7 nitrogen and oxygen atoms in total. The lowest BCUT2D eigenvalue weighted by molar-refractivity contribution is -0.132. The summed E-state index contributed by atoms with van der Waals surface area (Å²) in [4.78, 5) is 36.9. The number of carbonyl (C=O) groups excluding carboxylic acids is 2. The maximum atomic E-state index is 13.9. The van der Waals surface area contributed by atoms with Gasteiger partial charge in [-0.1, -0.05) is 12.1 Å². The molecule has 1 aromatic carbocycles. The second-order valence-electron chi connectivity index (χ2n) is 6.20. The lowest BCUT2D eigenvalue weighted by Crippen LogP contribution is -2.44. The molecular formula is C17H18FN5O2. The Morgan fingerprint density at radius 2 is 2.08 bits per heavy atom. The van der Waals surface area contributed by atoms with E-state index in [1.54, 1.807) is 29.4 Å². The first kappa shape index (κ1) is 15.6. The summed E-state index contributed by atoms with van der Waals surface area (Å²) in [5.41, 5.74) is 2.19. The van der Waals surface area contributed by atoms with Crippen LogP contribution >= 0.6 is 0 Å². The lowest BCUT2D eigenvalue weighted by atomic mass is 10.1. The van der Waals surface area contributed by atoms with Gasteiger partial charge in [-0.2, -0.15) is 0 Å². The number of carbonyl (C=O) groups is 2. The molecule has 130 valence electrons. The number of rotatable bonds is 3. The maximum absolute atomic E-state index is 13.9. The highest BCUT2D eigenvalue weighted by atomic mass is 19.1. The normalized spacial score (nSPS) is 17.2. The number of imidazole rings is 1. The third-order valence-electron chi connectivity index (χ3n) is 4.69. The minimum atomic E-state index is -0.438. The van der Waals surface area contributed by atoms with E-state index in [9.17, 15) is 14.0 Å². The highest BCUT2D eigenvalue weighted by molar-refractivity contribution is 5.96. The molecule has 1 fully saturated rings. The molecule has 0 unspecified atom stereocenters. The van der Waals surface area contributed by atoms with E-state index in [0.717, 1.165) is 11.4 Å². The van der Waals surface area contributed by atoms with E-state index in [-0.39, 0.29) is 24.2 Å². The Labute approximate surface area is 144 Å². The van der Waals surface area contributed by atoms with Crippen molar-refractivity contribution in [1.82, 2.24) is 19.8 Å². The first-order valence-electron chi connectivity index (χ1n) is 8.23. The van der Waals surface area contributed by atoms with Crippen LogP contribution in [0.15, 0.2) is 30.6 Å². The summed E-state index contributed by atoms with van der Waals surface area (Å²) in [6.45, 7) is 1.86. The Morgan fingerprint density at radius 1 is 1.24 bits per heavy atom. The molecule has 1 N–H and O–H groups in total. The Hall–Kier alpha value is -2.90. The van der Waals surface area contributed by atoms with Crippen molar-refractivity contribution in [2.24, 2.45) is 0 Å².